The molecule has 0 bridgehead atoms. The summed E-state index contributed by atoms with van der Waals surface area (Å²) < 4.78 is 5.27. The molecular formula is C19H21ClN2O2S2. The molecule has 1 aliphatic rings. The lowest BCUT2D eigenvalue weighted by Crippen LogP contribution is -2.28. The molecular weight excluding hydrogens is 388 g/mol. The Bertz CT molecular complexity index is 803. The van der Waals surface area contributed by atoms with E-state index in [-0.39, 0.29) is 5.97 Å². The highest BCUT2D eigenvalue weighted by Crippen LogP contribution is 2.38. The third kappa shape index (κ3) is 4.55. The lowest BCUT2D eigenvalue weighted by Gasteiger charge is -2.13. The zero-order valence-electron chi connectivity index (χ0n) is 14.6. The molecule has 0 spiro atoms. The Morgan fingerprint density at radius 1 is 1.27 bits per heavy atom. The van der Waals surface area contributed by atoms with E-state index in [4.69, 9.17) is 28.6 Å². The van der Waals surface area contributed by atoms with Crippen LogP contribution in [-0.2, 0) is 24.1 Å². The molecule has 4 nitrogen and oxygen atoms in total. The highest BCUT2D eigenvalue weighted by Gasteiger charge is 2.26. The molecule has 26 heavy (non-hydrogen) atoms. The Balaban J connectivity index is 1.71. The summed E-state index contributed by atoms with van der Waals surface area (Å²) in [7, 11) is 0. The average molecular weight is 409 g/mol. The monoisotopic (exact) mass is 408 g/mol. The molecule has 2 N–H and O–H groups in total. The topological polar surface area (TPSA) is 50.4 Å². The molecule has 7 heteroatoms. The van der Waals surface area contributed by atoms with Crippen LogP contribution in [0.25, 0.3) is 0 Å². The van der Waals surface area contributed by atoms with Crippen molar-refractivity contribution in [2.24, 2.45) is 0 Å². The quantitative estimate of drug-likeness (QED) is 0.541. The van der Waals surface area contributed by atoms with Crippen molar-refractivity contribution in [1.82, 2.24) is 5.32 Å². The summed E-state index contributed by atoms with van der Waals surface area (Å²) in [4.78, 5) is 13.7. The zero-order chi connectivity index (χ0) is 18.5. The van der Waals surface area contributed by atoms with Gasteiger partial charge in [0.05, 0.1) is 12.2 Å². The molecule has 2 aromatic rings. The molecule has 1 aromatic heterocycles. The number of hydrogen-bond donors (Lipinski definition) is 2. The SMILES string of the molecule is CCOC(=O)c1c(NC(=S)NCc2ccc(Cl)cc2)sc2c1CCCC2. The first-order valence-electron chi connectivity index (χ1n) is 8.69. The molecule has 0 atom stereocenters. The van der Waals surface area contributed by atoms with Crippen LogP contribution in [0.4, 0.5) is 5.00 Å². The van der Waals surface area contributed by atoms with Crippen molar-refractivity contribution in [2.45, 2.75) is 39.2 Å². The Kier molecular flexibility index (Phi) is 6.51. The van der Waals surface area contributed by atoms with E-state index in [9.17, 15) is 4.79 Å². The summed E-state index contributed by atoms with van der Waals surface area (Å²) in [6.07, 6.45) is 4.20. The number of fused-ring (bicyclic) bond motifs is 1. The average Bonchev–Trinajstić information content (AvgIpc) is 2.99. The predicted molar refractivity (Wildman–Crippen MR) is 111 cm³/mol. The molecule has 0 saturated heterocycles. The van der Waals surface area contributed by atoms with Crippen molar-refractivity contribution >= 4 is 51.2 Å². The smallest absolute Gasteiger partial charge is 0.341 e. The second-order valence-electron chi connectivity index (χ2n) is 6.07. The van der Waals surface area contributed by atoms with Crippen molar-refractivity contribution < 1.29 is 9.53 Å². The number of benzene rings is 1. The maximum Gasteiger partial charge on any atom is 0.341 e. The molecule has 1 aromatic carbocycles. The van der Waals surface area contributed by atoms with Crippen molar-refractivity contribution in [2.75, 3.05) is 11.9 Å². The van der Waals surface area contributed by atoms with E-state index in [0.717, 1.165) is 41.8 Å². The third-order valence-corrected chi connectivity index (χ3v) is 5.95. The van der Waals surface area contributed by atoms with E-state index in [1.54, 1.807) is 11.3 Å². The van der Waals surface area contributed by atoms with Crippen LogP contribution in [0.5, 0.6) is 0 Å². The van der Waals surface area contributed by atoms with Crippen LogP contribution in [0.2, 0.25) is 5.02 Å². The molecule has 3 rings (SSSR count). The van der Waals surface area contributed by atoms with Gasteiger partial charge in [-0.25, -0.2) is 4.79 Å². The first kappa shape index (κ1) is 19.1. The largest absolute Gasteiger partial charge is 0.462 e. The number of rotatable bonds is 5. The number of hydrogen-bond acceptors (Lipinski definition) is 4. The lowest BCUT2D eigenvalue weighted by atomic mass is 9.95. The number of ether oxygens (including phenoxy) is 1. The van der Waals surface area contributed by atoms with Crippen LogP contribution >= 0.6 is 35.2 Å². The van der Waals surface area contributed by atoms with Crippen LogP contribution in [-0.4, -0.2) is 17.7 Å². The molecule has 138 valence electrons. The van der Waals surface area contributed by atoms with E-state index >= 15 is 0 Å². The second kappa shape index (κ2) is 8.84. The fraction of sp³-hybridized carbons (Fsp3) is 0.368. The normalized spacial score (nSPS) is 13.0. The number of carbonyl (C=O) groups excluding carboxylic acids is 1. The van der Waals surface area contributed by atoms with Gasteiger partial charge < -0.3 is 15.4 Å². The number of carbonyl (C=O) groups is 1. The molecule has 0 aliphatic heterocycles. The van der Waals surface area contributed by atoms with Gasteiger partial charge in [0.1, 0.15) is 5.00 Å². The van der Waals surface area contributed by atoms with Crippen LogP contribution in [0.3, 0.4) is 0 Å². The number of aryl methyl sites for hydroxylation is 1. The van der Waals surface area contributed by atoms with Crippen molar-refractivity contribution in [3.8, 4) is 0 Å². The van der Waals surface area contributed by atoms with E-state index in [2.05, 4.69) is 10.6 Å². The maximum absolute atomic E-state index is 12.5. The molecule has 0 amide bonds. The van der Waals surface area contributed by atoms with Gasteiger partial charge in [-0.1, -0.05) is 23.7 Å². The first-order valence-corrected chi connectivity index (χ1v) is 10.3. The van der Waals surface area contributed by atoms with Gasteiger partial charge in [-0.3, -0.25) is 0 Å². The van der Waals surface area contributed by atoms with Crippen LogP contribution in [0.15, 0.2) is 24.3 Å². The van der Waals surface area contributed by atoms with Crippen molar-refractivity contribution in [3.05, 3.63) is 50.9 Å². The zero-order valence-corrected chi connectivity index (χ0v) is 17.0. The van der Waals surface area contributed by atoms with Crippen LogP contribution in [0, 0.1) is 0 Å². The third-order valence-electron chi connectivity index (χ3n) is 4.24. The minimum absolute atomic E-state index is 0.269. The van der Waals surface area contributed by atoms with E-state index in [1.165, 1.54) is 4.88 Å². The van der Waals surface area contributed by atoms with Gasteiger partial charge in [0, 0.05) is 16.4 Å². The summed E-state index contributed by atoms with van der Waals surface area (Å²) in [6, 6.07) is 7.60. The number of thiophene rings is 1. The maximum atomic E-state index is 12.5. The summed E-state index contributed by atoms with van der Waals surface area (Å²) in [5.41, 5.74) is 2.86. The molecule has 0 saturated carbocycles. The second-order valence-corrected chi connectivity index (χ2v) is 8.02. The molecule has 1 aliphatic carbocycles. The van der Waals surface area contributed by atoms with Crippen molar-refractivity contribution in [3.63, 3.8) is 0 Å². The van der Waals surface area contributed by atoms with Crippen LogP contribution in [0.1, 0.15) is 46.1 Å². The van der Waals surface area contributed by atoms with Crippen LogP contribution < -0.4 is 10.6 Å². The summed E-state index contributed by atoms with van der Waals surface area (Å²) in [5, 5.41) is 8.36. The summed E-state index contributed by atoms with van der Waals surface area (Å²) >= 11 is 12.9. The van der Waals surface area contributed by atoms with E-state index in [1.807, 2.05) is 31.2 Å². The standard InChI is InChI=1S/C19H21ClN2O2S2/c1-2-24-18(23)16-14-5-3-4-6-15(14)26-17(16)22-19(25)21-11-12-7-9-13(20)10-8-12/h7-10H,2-6,11H2,1H3,(H2,21,22,25). The van der Waals surface area contributed by atoms with E-state index in [0.29, 0.717) is 28.9 Å². The molecule has 1 heterocycles. The highest BCUT2D eigenvalue weighted by atomic mass is 35.5. The van der Waals surface area contributed by atoms with E-state index < -0.39 is 0 Å². The van der Waals surface area contributed by atoms with Gasteiger partial charge in [-0.05, 0) is 68.1 Å². The fourth-order valence-corrected chi connectivity index (χ4v) is 4.65. The Labute approximate surface area is 167 Å². The number of halogens is 1. The highest BCUT2D eigenvalue weighted by molar-refractivity contribution is 7.80. The van der Waals surface area contributed by atoms with Gasteiger partial charge >= 0.3 is 5.97 Å². The first-order chi connectivity index (χ1) is 12.6. The van der Waals surface area contributed by atoms with Crippen molar-refractivity contribution in [1.29, 1.82) is 0 Å². The summed E-state index contributed by atoms with van der Waals surface area (Å²) in [5.74, 6) is -0.269. The molecule has 0 radical (unpaired) electrons. The number of esters is 1. The number of nitrogens with one attached hydrogen (secondary N) is 2. The Morgan fingerprint density at radius 2 is 2.00 bits per heavy atom. The van der Waals surface area contributed by atoms with Gasteiger partial charge in [0.2, 0.25) is 0 Å². The fourth-order valence-electron chi connectivity index (χ4n) is 3.01. The van der Waals surface area contributed by atoms with Gasteiger partial charge in [-0.15, -0.1) is 11.3 Å². The minimum Gasteiger partial charge on any atom is -0.462 e. The lowest BCUT2D eigenvalue weighted by molar-refractivity contribution is 0.0526. The Morgan fingerprint density at radius 3 is 2.73 bits per heavy atom. The Hall–Kier alpha value is -1.63. The minimum atomic E-state index is -0.269. The van der Waals surface area contributed by atoms with Gasteiger partial charge in [0.15, 0.2) is 5.11 Å². The van der Waals surface area contributed by atoms with Gasteiger partial charge in [-0.2, -0.15) is 0 Å². The van der Waals surface area contributed by atoms with Gasteiger partial charge in [0.25, 0.3) is 0 Å². The molecule has 0 fully saturated rings. The number of anilines is 1. The summed E-state index contributed by atoms with van der Waals surface area (Å²) in [6.45, 7) is 2.77. The predicted octanol–water partition coefficient (Wildman–Crippen LogP) is 4.94. The molecule has 0 unspecified atom stereocenters. The number of thiocarbonyl (C=S) groups is 1.